The van der Waals surface area contributed by atoms with E-state index in [1.54, 1.807) is 12.1 Å². The molecule has 0 bridgehead atoms. The number of nitrogens with one attached hydrogen (secondary N) is 2. The Morgan fingerprint density at radius 3 is 2.37 bits per heavy atom. The number of anilines is 1. The fraction of sp³-hybridized carbons (Fsp3) is 0.174. The molecule has 0 saturated carbocycles. The zero-order chi connectivity index (χ0) is 19.2. The van der Waals surface area contributed by atoms with Crippen molar-refractivity contribution in [2.75, 3.05) is 5.32 Å². The first kappa shape index (κ1) is 19.2. The summed E-state index contributed by atoms with van der Waals surface area (Å²) in [6.07, 6.45) is 0. The summed E-state index contributed by atoms with van der Waals surface area (Å²) in [7, 11) is 0. The summed E-state index contributed by atoms with van der Waals surface area (Å²) >= 11 is 6.02. The minimum Gasteiger partial charge on any atom is -0.322 e. The van der Waals surface area contributed by atoms with Gasteiger partial charge in [0.15, 0.2) is 0 Å². The molecule has 3 aromatic rings. The second kappa shape index (κ2) is 8.85. The monoisotopic (exact) mass is 378 g/mol. The molecular weight excluding hydrogens is 356 g/mol. The standard InChI is InChI=1S/C23H23ClN2O/c1-16-14-21(12-13-22(16)24)26-23(27)20-10-8-18(9-11-20)15-25-17(2)19-6-4-3-5-7-19/h3-14,17,25H,15H2,1-2H3,(H,26,27)/t17-/m0/s1. The van der Waals surface area contributed by atoms with E-state index < -0.39 is 0 Å². The molecule has 0 fully saturated rings. The van der Waals surface area contributed by atoms with E-state index in [4.69, 9.17) is 11.6 Å². The normalized spacial score (nSPS) is 11.8. The molecule has 2 N–H and O–H groups in total. The van der Waals surface area contributed by atoms with Gasteiger partial charge in [0.1, 0.15) is 0 Å². The van der Waals surface area contributed by atoms with Crippen LogP contribution in [0.25, 0.3) is 0 Å². The molecule has 3 rings (SSSR count). The molecule has 0 radical (unpaired) electrons. The Bertz CT molecular complexity index is 907. The zero-order valence-corrected chi connectivity index (χ0v) is 16.3. The Morgan fingerprint density at radius 1 is 1.00 bits per heavy atom. The summed E-state index contributed by atoms with van der Waals surface area (Å²) < 4.78 is 0. The Labute approximate surface area is 165 Å². The molecule has 3 aromatic carbocycles. The summed E-state index contributed by atoms with van der Waals surface area (Å²) in [5.74, 6) is -0.131. The smallest absolute Gasteiger partial charge is 0.255 e. The minimum absolute atomic E-state index is 0.131. The van der Waals surface area contributed by atoms with Gasteiger partial charge < -0.3 is 10.6 Å². The van der Waals surface area contributed by atoms with Crippen molar-refractivity contribution < 1.29 is 4.79 Å². The predicted octanol–water partition coefficient (Wildman–Crippen LogP) is 5.75. The van der Waals surface area contributed by atoms with Gasteiger partial charge in [-0.15, -0.1) is 0 Å². The van der Waals surface area contributed by atoms with Crippen molar-refractivity contribution in [2.24, 2.45) is 0 Å². The molecule has 0 unspecified atom stereocenters. The Kier molecular flexibility index (Phi) is 6.28. The largest absolute Gasteiger partial charge is 0.322 e. The molecule has 0 aliphatic heterocycles. The fourth-order valence-corrected chi connectivity index (χ4v) is 2.95. The van der Waals surface area contributed by atoms with Gasteiger partial charge in [-0.1, -0.05) is 54.1 Å². The molecule has 4 heteroatoms. The van der Waals surface area contributed by atoms with Gasteiger partial charge in [-0.25, -0.2) is 0 Å². The van der Waals surface area contributed by atoms with Crippen LogP contribution in [0.4, 0.5) is 5.69 Å². The highest BCUT2D eigenvalue weighted by Crippen LogP contribution is 2.20. The molecule has 0 aliphatic carbocycles. The summed E-state index contributed by atoms with van der Waals surface area (Å²) in [6.45, 7) is 4.80. The Hall–Kier alpha value is -2.62. The van der Waals surface area contributed by atoms with Gasteiger partial charge in [0.25, 0.3) is 5.91 Å². The lowest BCUT2D eigenvalue weighted by Gasteiger charge is -2.14. The maximum Gasteiger partial charge on any atom is 0.255 e. The van der Waals surface area contributed by atoms with Gasteiger partial charge >= 0.3 is 0 Å². The van der Waals surface area contributed by atoms with Crippen LogP contribution in [-0.2, 0) is 6.54 Å². The maximum atomic E-state index is 12.4. The van der Waals surface area contributed by atoms with Gasteiger partial charge in [0.2, 0.25) is 0 Å². The van der Waals surface area contributed by atoms with E-state index in [0.717, 1.165) is 23.4 Å². The van der Waals surface area contributed by atoms with Crippen LogP contribution in [0.5, 0.6) is 0 Å². The van der Waals surface area contributed by atoms with Gasteiger partial charge in [0, 0.05) is 28.9 Å². The van der Waals surface area contributed by atoms with Crippen LogP contribution < -0.4 is 10.6 Å². The fourth-order valence-electron chi connectivity index (χ4n) is 2.83. The topological polar surface area (TPSA) is 41.1 Å². The second-order valence-electron chi connectivity index (χ2n) is 6.63. The summed E-state index contributed by atoms with van der Waals surface area (Å²) in [5, 5.41) is 7.10. The van der Waals surface area contributed by atoms with Crippen molar-refractivity contribution in [3.05, 3.63) is 100 Å². The number of hydrogen-bond donors (Lipinski definition) is 2. The maximum absolute atomic E-state index is 12.4. The van der Waals surface area contributed by atoms with Gasteiger partial charge in [-0.3, -0.25) is 4.79 Å². The number of halogens is 1. The second-order valence-corrected chi connectivity index (χ2v) is 7.04. The minimum atomic E-state index is -0.131. The van der Waals surface area contributed by atoms with Crippen LogP contribution >= 0.6 is 11.6 Å². The van der Waals surface area contributed by atoms with Crippen LogP contribution in [0.3, 0.4) is 0 Å². The molecule has 3 nitrogen and oxygen atoms in total. The van der Waals surface area contributed by atoms with Crippen molar-refractivity contribution in [3.8, 4) is 0 Å². The van der Waals surface area contributed by atoms with E-state index >= 15 is 0 Å². The van der Waals surface area contributed by atoms with Gasteiger partial charge in [0.05, 0.1) is 0 Å². The van der Waals surface area contributed by atoms with E-state index in [1.165, 1.54) is 5.56 Å². The van der Waals surface area contributed by atoms with E-state index in [-0.39, 0.29) is 11.9 Å². The predicted molar refractivity (Wildman–Crippen MR) is 112 cm³/mol. The molecule has 138 valence electrons. The number of rotatable bonds is 6. The number of carbonyl (C=O) groups is 1. The summed E-state index contributed by atoms with van der Waals surface area (Å²) in [4.78, 5) is 12.4. The van der Waals surface area contributed by atoms with E-state index in [9.17, 15) is 4.79 Å². The number of hydrogen-bond acceptors (Lipinski definition) is 2. The quantitative estimate of drug-likeness (QED) is 0.573. The third-order valence-electron chi connectivity index (χ3n) is 4.54. The van der Waals surface area contributed by atoms with Crippen molar-refractivity contribution >= 4 is 23.2 Å². The Balaban J connectivity index is 1.57. The van der Waals surface area contributed by atoms with Crippen molar-refractivity contribution in [2.45, 2.75) is 26.4 Å². The molecule has 1 amide bonds. The summed E-state index contributed by atoms with van der Waals surface area (Å²) in [5.41, 5.74) is 4.69. The molecular formula is C23H23ClN2O. The number of aryl methyl sites for hydroxylation is 1. The molecule has 0 aromatic heterocycles. The van der Waals surface area contributed by atoms with Crippen LogP contribution in [0.1, 0.15) is 40.0 Å². The highest BCUT2D eigenvalue weighted by Gasteiger charge is 2.08. The highest BCUT2D eigenvalue weighted by atomic mass is 35.5. The average Bonchev–Trinajstić information content (AvgIpc) is 2.70. The first-order valence-corrected chi connectivity index (χ1v) is 9.35. The molecule has 0 spiro atoms. The lowest BCUT2D eigenvalue weighted by atomic mass is 10.1. The lowest BCUT2D eigenvalue weighted by molar-refractivity contribution is 0.102. The van der Waals surface area contributed by atoms with E-state index in [0.29, 0.717) is 10.6 Å². The highest BCUT2D eigenvalue weighted by molar-refractivity contribution is 6.31. The van der Waals surface area contributed by atoms with E-state index in [1.807, 2.05) is 55.5 Å². The summed E-state index contributed by atoms with van der Waals surface area (Å²) in [6, 6.07) is 23.7. The first-order valence-electron chi connectivity index (χ1n) is 8.97. The van der Waals surface area contributed by atoms with Crippen LogP contribution in [0.15, 0.2) is 72.8 Å². The number of amides is 1. The number of benzene rings is 3. The zero-order valence-electron chi connectivity index (χ0n) is 15.5. The van der Waals surface area contributed by atoms with E-state index in [2.05, 4.69) is 29.7 Å². The van der Waals surface area contributed by atoms with Crippen LogP contribution in [0, 0.1) is 6.92 Å². The average molecular weight is 379 g/mol. The van der Waals surface area contributed by atoms with Crippen LogP contribution in [0.2, 0.25) is 5.02 Å². The first-order chi connectivity index (χ1) is 13.0. The molecule has 0 heterocycles. The van der Waals surface area contributed by atoms with Gasteiger partial charge in [-0.05, 0) is 60.9 Å². The number of carbonyl (C=O) groups excluding carboxylic acids is 1. The SMILES string of the molecule is Cc1cc(NC(=O)c2ccc(CN[C@@H](C)c3ccccc3)cc2)ccc1Cl. The molecule has 1 atom stereocenters. The third kappa shape index (κ3) is 5.19. The van der Waals surface area contributed by atoms with Gasteiger partial charge in [-0.2, -0.15) is 0 Å². The van der Waals surface area contributed by atoms with Crippen LogP contribution in [-0.4, -0.2) is 5.91 Å². The molecule has 27 heavy (non-hydrogen) atoms. The lowest BCUT2D eigenvalue weighted by Crippen LogP contribution is -2.18. The Morgan fingerprint density at radius 2 is 1.70 bits per heavy atom. The third-order valence-corrected chi connectivity index (χ3v) is 4.97. The van der Waals surface area contributed by atoms with Crippen molar-refractivity contribution in [3.63, 3.8) is 0 Å². The van der Waals surface area contributed by atoms with Crippen molar-refractivity contribution in [1.82, 2.24) is 5.32 Å². The molecule has 0 aliphatic rings. The molecule has 0 saturated heterocycles. The van der Waals surface area contributed by atoms with Crippen molar-refractivity contribution in [1.29, 1.82) is 0 Å².